The molecule has 5 rings (SSSR count). The lowest BCUT2D eigenvalue weighted by Gasteiger charge is -2.23. The second-order valence-electron chi connectivity index (χ2n) is 7.34. The molecule has 0 bridgehead atoms. The molecular weight excluding hydrogens is 348 g/mol. The molecule has 2 fully saturated rings. The van der Waals surface area contributed by atoms with Crippen molar-refractivity contribution in [3.63, 3.8) is 0 Å². The number of para-hydroxylation sites is 1. The van der Waals surface area contributed by atoms with E-state index in [1.807, 2.05) is 91.0 Å². The Morgan fingerprint density at radius 2 is 0.964 bits per heavy atom. The quantitative estimate of drug-likeness (QED) is 0.714. The number of anilines is 1. The van der Waals surface area contributed by atoms with Crippen molar-refractivity contribution in [1.29, 1.82) is 0 Å². The highest BCUT2D eigenvalue weighted by atomic mass is 16.2. The smallest absolute Gasteiger partial charge is 0.239 e. The topological polar surface area (TPSA) is 49.4 Å². The van der Waals surface area contributed by atoms with Gasteiger partial charge in [-0.3, -0.25) is 9.59 Å². The number of rotatable bonds is 3. The lowest BCUT2D eigenvalue weighted by Crippen LogP contribution is -2.36. The Kier molecular flexibility index (Phi) is 4.06. The molecule has 0 saturated carbocycles. The first-order chi connectivity index (χ1) is 13.8. The number of benzene rings is 3. The number of hydrogen-bond donors (Lipinski definition) is 1. The molecule has 0 radical (unpaired) electrons. The first kappa shape index (κ1) is 16.9. The lowest BCUT2D eigenvalue weighted by atomic mass is 9.84. The zero-order valence-electron chi connectivity index (χ0n) is 15.2. The van der Waals surface area contributed by atoms with Gasteiger partial charge in [-0.2, -0.15) is 0 Å². The van der Waals surface area contributed by atoms with Crippen molar-refractivity contribution >= 4 is 17.5 Å². The van der Waals surface area contributed by atoms with Gasteiger partial charge in [-0.1, -0.05) is 78.9 Å². The standard InChI is InChI=1S/C24H20N2O2/c27-23-19-20(24(28)26(23)18-14-8-3-9-15-18)22(17-12-6-2-7-13-17)25-21(19)16-10-4-1-5-11-16/h1-15,19-22,25H/t19-,20+,21+,22?/m1/s1. The number of carbonyl (C=O) groups excluding carboxylic acids is 2. The molecule has 4 nitrogen and oxygen atoms in total. The summed E-state index contributed by atoms with van der Waals surface area (Å²) in [6.07, 6.45) is 0. The maximum Gasteiger partial charge on any atom is 0.239 e. The Bertz CT molecular complexity index is 941. The number of amides is 2. The summed E-state index contributed by atoms with van der Waals surface area (Å²) in [5, 5.41) is 3.59. The zero-order chi connectivity index (χ0) is 19.1. The van der Waals surface area contributed by atoms with E-state index >= 15 is 0 Å². The summed E-state index contributed by atoms with van der Waals surface area (Å²) in [6.45, 7) is 0. The third kappa shape index (κ3) is 2.57. The Hall–Kier alpha value is -3.24. The van der Waals surface area contributed by atoms with Crippen LogP contribution < -0.4 is 10.2 Å². The Balaban J connectivity index is 1.61. The number of nitrogens with one attached hydrogen (secondary N) is 1. The van der Waals surface area contributed by atoms with Crippen LogP contribution in [0.2, 0.25) is 0 Å². The van der Waals surface area contributed by atoms with E-state index in [1.165, 1.54) is 4.90 Å². The molecule has 2 aliphatic heterocycles. The normalized spacial score (nSPS) is 26.5. The summed E-state index contributed by atoms with van der Waals surface area (Å²) < 4.78 is 0. The van der Waals surface area contributed by atoms with Crippen molar-refractivity contribution < 1.29 is 9.59 Å². The molecule has 4 heteroatoms. The predicted octanol–water partition coefficient (Wildman–Crippen LogP) is 3.88. The molecule has 3 aromatic carbocycles. The van der Waals surface area contributed by atoms with Gasteiger partial charge in [-0.05, 0) is 23.3 Å². The van der Waals surface area contributed by atoms with Gasteiger partial charge >= 0.3 is 0 Å². The predicted molar refractivity (Wildman–Crippen MR) is 107 cm³/mol. The fourth-order valence-corrected chi connectivity index (χ4v) is 4.57. The summed E-state index contributed by atoms with van der Waals surface area (Å²) in [4.78, 5) is 28.2. The fraction of sp³-hybridized carbons (Fsp3) is 0.167. The monoisotopic (exact) mass is 368 g/mol. The van der Waals surface area contributed by atoms with Gasteiger partial charge in [0.05, 0.1) is 17.5 Å². The summed E-state index contributed by atoms with van der Waals surface area (Å²) >= 11 is 0. The van der Waals surface area contributed by atoms with Crippen LogP contribution in [0.4, 0.5) is 5.69 Å². The van der Waals surface area contributed by atoms with E-state index < -0.39 is 11.8 Å². The van der Waals surface area contributed by atoms with Crippen LogP contribution in [0, 0.1) is 11.8 Å². The first-order valence-corrected chi connectivity index (χ1v) is 9.54. The average molecular weight is 368 g/mol. The highest BCUT2D eigenvalue weighted by Crippen LogP contribution is 2.50. The third-order valence-electron chi connectivity index (χ3n) is 5.81. The second kappa shape index (κ2) is 6.73. The van der Waals surface area contributed by atoms with Crippen LogP contribution in [-0.4, -0.2) is 11.8 Å². The molecule has 4 atom stereocenters. The molecule has 1 N–H and O–H groups in total. The van der Waals surface area contributed by atoms with Crippen molar-refractivity contribution in [2.24, 2.45) is 11.8 Å². The number of nitrogens with zero attached hydrogens (tertiary/aromatic N) is 1. The van der Waals surface area contributed by atoms with Crippen molar-refractivity contribution in [1.82, 2.24) is 5.32 Å². The van der Waals surface area contributed by atoms with Crippen LogP contribution in [0.5, 0.6) is 0 Å². The van der Waals surface area contributed by atoms with E-state index in [2.05, 4.69) is 5.32 Å². The highest BCUT2D eigenvalue weighted by molar-refractivity contribution is 6.22. The van der Waals surface area contributed by atoms with Crippen molar-refractivity contribution in [2.75, 3.05) is 4.90 Å². The molecule has 1 unspecified atom stereocenters. The summed E-state index contributed by atoms with van der Waals surface area (Å²) in [5.74, 6) is -1.08. The van der Waals surface area contributed by atoms with E-state index in [1.54, 1.807) is 0 Å². The number of fused-ring (bicyclic) bond motifs is 1. The van der Waals surface area contributed by atoms with Crippen molar-refractivity contribution in [3.8, 4) is 0 Å². The van der Waals surface area contributed by atoms with E-state index in [0.29, 0.717) is 5.69 Å². The van der Waals surface area contributed by atoms with E-state index in [0.717, 1.165) is 11.1 Å². The van der Waals surface area contributed by atoms with Gasteiger partial charge in [0.2, 0.25) is 11.8 Å². The van der Waals surface area contributed by atoms with Crippen LogP contribution in [0.1, 0.15) is 23.2 Å². The second-order valence-corrected chi connectivity index (χ2v) is 7.34. The molecule has 2 heterocycles. The maximum absolute atomic E-state index is 13.4. The van der Waals surface area contributed by atoms with Crippen LogP contribution in [0.25, 0.3) is 0 Å². The average Bonchev–Trinajstić information content (AvgIpc) is 3.27. The minimum atomic E-state index is -0.416. The molecule has 2 amide bonds. The van der Waals surface area contributed by atoms with Crippen molar-refractivity contribution in [2.45, 2.75) is 12.1 Å². The van der Waals surface area contributed by atoms with E-state index in [4.69, 9.17) is 0 Å². The molecule has 2 saturated heterocycles. The van der Waals surface area contributed by atoms with Gasteiger partial charge < -0.3 is 5.32 Å². The first-order valence-electron chi connectivity index (χ1n) is 9.54. The van der Waals surface area contributed by atoms with Crippen molar-refractivity contribution in [3.05, 3.63) is 102 Å². The Morgan fingerprint density at radius 1 is 0.571 bits per heavy atom. The molecule has 138 valence electrons. The molecule has 0 aromatic heterocycles. The van der Waals surface area contributed by atoms with E-state index in [-0.39, 0.29) is 23.9 Å². The molecular formula is C24H20N2O2. The fourth-order valence-electron chi connectivity index (χ4n) is 4.57. The SMILES string of the molecule is O=C1[C@@H]2[C@H](C(=O)N1c1ccccc1)C(c1ccccc1)N[C@H]2c1ccccc1. The summed E-state index contributed by atoms with van der Waals surface area (Å²) in [7, 11) is 0. The van der Waals surface area contributed by atoms with Gasteiger partial charge in [-0.15, -0.1) is 0 Å². The van der Waals surface area contributed by atoms with Gasteiger partial charge in [-0.25, -0.2) is 4.90 Å². The largest absolute Gasteiger partial charge is 0.302 e. The van der Waals surface area contributed by atoms with Crippen LogP contribution >= 0.6 is 0 Å². The van der Waals surface area contributed by atoms with Gasteiger partial charge in [0.1, 0.15) is 0 Å². The molecule has 0 spiro atoms. The molecule has 28 heavy (non-hydrogen) atoms. The Labute approximate surface area is 163 Å². The highest BCUT2D eigenvalue weighted by Gasteiger charge is 2.59. The maximum atomic E-state index is 13.4. The molecule has 3 aromatic rings. The van der Waals surface area contributed by atoms with Gasteiger partial charge in [0.25, 0.3) is 0 Å². The number of carbonyl (C=O) groups is 2. The minimum Gasteiger partial charge on any atom is -0.302 e. The van der Waals surface area contributed by atoms with E-state index in [9.17, 15) is 9.59 Å². The summed E-state index contributed by atoms with van der Waals surface area (Å²) in [6, 6.07) is 28.7. The minimum absolute atomic E-state index is 0.124. The number of imide groups is 1. The zero-order valence-corrected chi connectivity index (χ0v) is 15.2. The van der Waals surface area contributed by atoms with Crippen LogP contribution in [0.3, 0.4) is 0 Å². The number of hydrogen-bond acceptors (Lipinski definition) is 3. The van der Waals surface area contributed by atoms with Crippen LogP contribution in [-0.2, 0) is 9.59 Å². The molecule has 0 aliphatic carbocycles. The van der Waals surface area contributed by atoms with Crippen LogP contribution in [0.15, 0.2) is 91.0 Å². The van der Waals surface area contributed by atoms with Gasteiger partial charge in [0.15, 0.2) is 0 Å². The Morgan fingerprint density at radius 3 is 1.39 bits per heavy atom. The molecule has 2 aliphatic rings. The summed E-state index contributed by atoms with van der Waals surface area (Å²) in [5.41, 5.74) is 2.71. The van der Waals surface area contributed by atoms with Gasteiger partial charge in [0, 0.05) is 12.1 Å². The third-order valence-corrected chi connectivity index (χ3v) is 5.81. The lowest BCUT2D eigenvalue weighted by molar-refractivity contribution is -0.123.